The maximum Gasteiger partial charge on any atom is 0.332 e. The number of methoxy groups -OCH3 is 1. The molecule has 1 aromatic carbocycles. The number of carbonyl (C=O) groups is 1. The highest BCUT2D eigenvalue weighted by Gasteiger charge is 2.16. The van der Waals surface area contributed by atoms with Crippen molar-refractivity contribution in [3.05, 3.63) is 24.3 Å². The first-order valence-electron chi connectivity index (χ1n) is 5.78. The van der Waals surface area contributed by atoms with E-state index in [2.05, 4.69) is 0 Å². The van der Waals surface area contributed by atoms with Gasteiger partial charge in [-0.15, -0.1) is 11.8 Å². The predicted octanol–water partition coefficient (Wildman–Crippen LogP) is 2.67. The van der Waals surface area contributed by atoms with Crippen LogP contribution in [0.15, 0.2) is 29.2 Å². The fraction of sp³-hybridized carbons (Fsp3) is 0.462. The van der Waals surface area contributed by atoms with Crippen molar-refractivity contribution >= 4 is 17.7 Å². The Morgan fingerprint density at radius 2 is 2.06 bits per heavy atom. The third kappa shape index (κ3) is 4.98. The molecule has 1 aromatic rings. The number of carboxylic acids is 1. The standard InChI is InChI=1S/C13H18O4S/c1-3-17-12(13(14)15)8-9-18-11-6-4-10(16-2)5-7-11/h4-7,12H,3,8-9H2,1-2H3,(H,14,15). The summed E-state index contributed by atoms with van der Waals surface area (Å²) in [4.78, 5) is 12.0. The van der Waals surface area contributed by atoms with Gasteiger partial charge in [0.15, 0.2) is 6.10 Å². The predicted molar refractivity (Wildman–Crippen MR) is 71.4 cm³/mol. The van der Waals surface area contributed by atoms with E-state index in [1.54, 1.807) is 25.8 Å². The summed E-state index contributed by atoms with van der Waals surface area (Å²) in [5.41, 5.74) is 0. The summed E-state index contributed by atoms with van der Waals surface area (Å²) in [5.74, 6) is 0.632. The van der Waals surface area contributed by atoms with Crippen molar-refractivity contribution in [1.29, 1.82) is 0 Å². The fourth-order valence-corrected chi connectivity index (χ4v) is 2.33. The van der Waals surface area contributed by atoms with Crippen molar-refractivity contribution in [2.75, 3.05) is 19.5 Å². The van der Waals surface area contributed by atoms with Gasteiger partial charge in [-0.1, -0.05) is 0 Å². The monoisotopic (exact) mass is 270 g/mol. The second kappa shape index (κ2) is 8.00. The first kappa shape index (κ1) is 14.9. The lowest BCUT2D eigenvalue weighted by Crippen LogP contribution is -2.24. The molecule has 4 nitrogen and oxygen atoms in total. The van der Waals surface area contributed by atoms with E-state index in [0.29, 0.717) is 18.8 Å². The van der Waals surface area contributed by atoms with Gasteiger partial charge in [0, 0.05) is 17.3 Å². The molecule has 1 N–H and O–H groups in total. The highest BCUT2D eigenvalue weighted by Crippen LogP contribution is 2.22. The van der Waals surface area contributed by atoms with Crippen LogP contribution in [0.25, 0.3) is 0 Å². The molecule has 1 atom stereocenters. The lowest BCUT2D eigenvalue weighted by atomic mass is 10.3. The molecule has 5 heteroatoms. The third-order valence-electron chi connectivity index (χ3n) is 2.35. The van der Waals surface area contributed by atoms with Crippen molar-refractivity contribution in [3.8, 4) is 5.75 Å². The van der Waals surface area contributed by atoms with Crippen LogP contribution >= 0.6 is 11.8 Å². The summed E-state index contributed by atoms with van der Waals surface area (Å²) < 4.78 is 10.2. The smallest absolute Gasteiger partial charge is 0.332 e. The van der Waals surface area contributed by atoms with Crippen LogP contribution in [0.4, 0.5) is 0 Å². The molecule has 100 valence electrons. The Labute approximate surface area is 111 Å². The van der Waals surface area contributed by atoms with Gasteiger partial charge in [-0.2, -0.15) is 0 Å². The normalized spacial score (nSPS) is 12.1. The van der Waals surface area contributed by atoms with E-state index >= 15 is 0 Å². The zero-order valence-electron chi connectivity index (χ0n) is 10.6. The molecule has 0 saturated heterocycles. The highest BCUT2D eigenvalue weighted by atomic mass is 32.2. The molecule has 0 aliphatic heterocycles. The van der Waals surface area contributed by atoms with Gasteiger partial charge in [0.05, 0.1) is 7.11 Å². The van der Waals surface area contributed by atoms with Crippen LogP contribution < -0.4 is 4.74 Å². The van der Waals surface area contributed by atoms with E-state index in [4.69, 9.17) is 14.6 Å². The average Bonchev–Trinajstić information content (AvgIpc) is 2.38. The lowest BCUT2D eigenvalue weighted by molar-refractivity contribution is -0.150. The second-order valence-corrected chi connectivity index (χ2v) is 4.76. The Morgan fingerprint density at radius 1 is 1.39 bits per heavy atom. The number of hydrogen-bond acceptors (Lipinski definition) is 4. The summed E-state index contributed by atoms with van der Waals surface area (Å²) >= 11 is 1.61. The summed E-state index contributed by atoms with van der Waals surface area (Å²) in [6, 6.07) is 7.69. The summed E-state index contributed by atoms with van der Waals surface area (Å²) in [6.45, 7) is 2.22. The van der Waals surface area contributed by atoms with Crippen molar-refractivity contribution < 1.29 is 19.4 Å². The first-order chi connectivity index (χ1) is 8.67. The summed E-state index contributed by atoms with van der Waals surface area (Å²) in [6.07, 6.45) is -0.208. The Kier molecular flexibility index (Phi) is 6.60. The first-order valence-corrected chi connectivity index (χ1v) is 6.77. The Hall–Kier alpha value is -1.20. The Balaban J connectivity index is 2.37. The molecule has 0 spiro atoms. The van der Waals surface area contributed by atoms with Crippen molar-refractivity contribution in [2.45, 2.75) is 24.3 Å². The minimum Gasteiger partial charge on any atom is -0.497 e. The van der Waals surface area contributed by atoms with Crippen molar-refractivity contribution in [1.82, 2.24) is 0 Å². The van der Waals surface area contributed by atoms with E-state index in [0.717, 1.165) is 10.6 Å². The maximum absolute atomic E-state index is 10.9. The second-order valence-electron chi connectivity index (χ2n) is 3.59. The number of benzene rings is 1. The molecule has 18 heavy (non-hydrogen) atoms. The number of rotatable bonds is 8. The number of carboxylic acid groups (broad SMARTS) is 1. The molecule has 0 aromatic heterocycles. The maximum atomic E-state index is 10.9. The van der Waals surface area contributed by atoms with E-state index in [9.17, 15) is 4.79 Å². The Morgan fingerprint density at radius 3 is 2.56 bits per heavy atom. The van der Waals surface area contributed by atoms with E-state index in [1.807, 2.05) is 24.3 Å². The van der Waals surface area contributed by atoms with E-state index in [-0.39, 0.29) is 0 Å². The summed E-state index contributed by atoms with van der Waals surface area (Å²) in [7, 11) is 1.63. The minimum absolute atomic E-state index is 0.421. The van der Waals surface area contributed by atoms with Gasteiger partial charge >= 0.3 is 5.97 Å². The highest BCUT2D eigenvalue weighted by molar-refractivity contribution is 7.99. The molecular weight excluding hydrogens is 252 g/mol. The average molecular weight is 270 g/mol. The van der Waals surface area contributed by atoms with Crippen molar-refractivity contribution in [3.63, 3.8) is 0 Å². The number of aliphatic carboxylic acids is 1. The van der Waals surface area contributed by atoms with Crippen molar-refractivity contribution in [2.24, 2.45) is 0 Å². The SMILES string of the molecule is CCOC(CCSc1ccc(OC)cc1)C(=O)O. The molecule has 1 rings (SSSR count). The molecule has 0 amide bonds. The number of ether oxygens (including phenoxy) is 2. The van der Waals surface area contributed by atoms with Crippen LogP contribution in [0.1, 0.15) is 13.3 Å². The zero-order chi connectivity index (χ0) is 13.4. The minimum atomic E-state index is -0.896. The van der Waals surface area contributed by atoms with E-state index < -0.39 is 12.1 Å². The van der Waals surface area contributed by atoms with Gasteiger partial charge < -0.3 is 14.6 Å². The largest absolute Gasteiger partial charge is 0.497 e. The quantitative estimate of drug-likeness (QED) is 0.736. The van der Waals surface area contributed by atoms with Gasteiger partial charge in [-0.25, -0.2) is 4.79 Å². The molecule has 0 radical (unpaired) electrons. The zero-order valence-corrected chi connectivity index (χ0v) is 11.4. The van der Waals surface area contributed by atoms with Gasteiger partial charge in [0.1, 0.15) is 5.75 Å². The molecule has 0 fully saturated rings. The topological polar surface area (TPSA) is 55.8 Å². The van der Waals surface area contributed by atoms with Crippen LogP contribution in [-0.4, -0.2) is 36.6 Å². The summed E-state index contributed by atoms with van der Waals surface area (Å²) in [5, 5.41) is 8.92. The van der Waals surface area contributed by atoms with Crippen LogP contribution in [0, 0.1) is 0 Å². The van der Waals surface area contributed by atoms with Crippen LogP contribution in [-0.2, 0) is 9.53 Å². The van der Waals surface area contributed by atoms with Gasteiger partial charge in [0.2, 0.25) is 0 Å². The van der Waals surface area contributed by atoms with Gasteiger partial charge in [0.25, 0.3) is 0 Å². The lowest BCUT2D eigenvalue weighted by Gasteiger charge is -2.11. The van der Waals surface area contributed by atoms with E-state index in [1.165, 1.54) is 0 Å². The van der Waals surface area contributed by atoms with Gasteiger partial charge in [-0.3, -0.25) is 0 Å². The number of thioether (sulfide) groups is 1. The molecular formula is C13H18O4S. The molecule has 0 aliphatic carbocycles. The van der Waals surface area contributed by atoms with Gasteiger partial charge in [-0.05, 0) is 37.6 Å². The molecule has 0 saturated carbocycles. The Bertz CT molecular complexity index is 364. The molecule has 0 aliphatic rings. The third-order valence-corrected chi connectivity index (χ3v) is 3.40. The number of hydrogen-bond donors (Lipinski definition) is 1. The van der Waals surface area contributed by atoms with Crippen LogP contribution in [0.2, 0.25) is 0 Å². The molecule has 0 bridgehead atoms. The van der Waals surface area contributed by atoms with Crippen LogP contribution in [0.3, 0.4) is 0 Å². The van der Waals surface area contributed by atoms with Crippen LogP contribution in [0.5, 0.6) is 5.75 Å². The fourth-order valence-electron chi connectivity index (χ4n) is 1.44. The molecule has 1 unspecified atom stereocenters. The molecule has 0 heterocycles.